The molecule has 4 aromatic rings. The molecule has 266 valence electrons. The van der Waals surface area contributed by atoms with E-state index in [-0.39, 0.29) is 46.3 Å². The molecule has 4 aromatic carbocycles. The molecular formula is C44H50N8. The number of hydrogen-bond acceptors (Lipinski definition) is 8. The molecule has 0 radical (unpaired) electrons. The highest BCUT2D eigenvalue weighted by Crippen LogP contribution is 2.69. The molecule has 8 aliphatic heterocycles. The van der Waals surface area contributed by atoms with E-state index in [1.807, 2.05) is 0 Å². The molecule has 0 unspecified atom stereocenters. The first-order valence-electron chi connectivity index (χ1n) is 19.7. The van der Waals surface area contributed by atoms with E-state index >= 15 is 0 Å². The molecule has 0 aliphatic carbocycles. The number of para-hydroxylation sites is 4. The Morgan fingerprint density at radius 3 is 1.23 bits per heavy atom. The summed E-state index contributed by atoms with van der Waals surface area (Å²) in [7, 11) is 9.33. The molecule has 12 rings (SSSR count). The Bertz CT molecular complexity index is 2030. The van der Waals surface area contributed by atoms with Crippen LogP contribution in [-0.4, -0.2) is 98.6 Å². The summed E-state index contributed by atoms with van der Waals surface area (Å²) in [6.45, 7) is 4.33. The molecule has 8 heterocycles. The van der Waals surface area contributed by atoms with Crippen LogP contribution in [0.5, 0.6) is 0 Å². The van der Waals surface area contributed by atoms with E-state index in [0.29, 0.717) is 0 Å². The Morgan fingerprint density at radius 2 is 0.769 bits per heavy atom. The third kappa shape index (κ3) is 3.17. The fraction of sp³-hybridized carbons (Fsp3) is 0.455. The lowest BCUT2D eigenvalue weighted by molar-refractivity contribution is 0.147. The van der Waals surface area contributed by atoms with Gasteiger partial charge in [-0.3, -0.25) is 19.6 Å². The number of fused-ring (bicyclic) bond motifs is 13. The third-order valence-corrected chi connectivity index (χ3v) is 15.9. The maximum atomic E-state index is 4.36. The van der Waals surface area contributed by atoms with Crippen LogP contribution in [0, 0.1) is 0 Å². The second-order valence-electron chi connectivity index (χ2n) is 17.5. The number of nitrogens with zero attached hydrogens (tertiary/aromatic N) is 4. The van der Waals surface area contributed by atoms with Gasteiger partial charge in [0.2, 0.25) is 0 Å². The molecule has 0 bridgehead atoms. The summed E-state index contributed by atoms with van der Waals surface area (Å²) >= 11 is 0. The Morgan fingerprint density at radius 1 is 0.404 bits per heavy atom. The van der Waals surface area contributed by atoms with E-state index in [0.717, 1.165) is 51.9 Å². The molecule has 0 amide bonds. The summed E-state index contributed by atoms with van der Waals surface area (Å²) in [6.07, 6.45) is 5.41. The highest BCUT2D eigenvalue weighted by molar-refractivity contribution is 5.81. The lowest BCUT2D eigenvalue weighted by Crippen LogP contribution is -2.60. The molecule has 4 N–H and O–H groups in total. The van der Waals surface area contributed by atoms with Crippen LogP contribution in [0.4, 0.5) is 22.7 Å². The summed E-state index contributed by atoms with van der Waals surface area (Å²) in [6, 6.07) is 33.0. The quantitative estimate of drug-likeness (QED) is 0.216. The largest absolute Gasteiger partial charge is 0.368 e. The number of nitrogens with one attached hydrogen (secondary N) is 4. The van der Waals surface area contributed by atoms with E-state index in [1.54, 1.807) is 0 Å². The maximum absolute atomic E-state index is 4.36. The molecule has 4 saturated heterocycles. The van der Waals surface area contributed by atoms with Crippen LogP contribution in [0.3, 0.4) is 0 Å². The minimum atomic E-state index is -0.101. The number of likely N-dealkylation sites (N-methyl/N-ethyl adjacent to an activating group) is 4. The summed E-state index contributed by atoms with van der Waals surface area (Å²) in [5.41, 5.74) is 13.9. The van der Waals surface area contributed by atoms with Crippen LogP contribution in [0.1, 0.15) is 59.1 Å². The Hall–Kier alpha value is -4.08. The highest BCUT2D eigenvalue weighted by Gasteiger charge is 2.72. The van der Waals surface area contributed by atoms with E-state index in [1.165, 1.54) is 56.1 Å². The van der Waals surface area contributed by atoms with Gasteiger partial charge in [0.25, 0.3) is 0 Å². The van der Waals surface area contributed by atoms with Gasteiger partial charge in [-0.1, -0.05) is 72.8 Å². The van der Waals surface area contributed by atoms with Crippen molar-refractivity contribution in [3.63, 3.8) is 0 Å². The van der Waals surface area contributed by atoms with Gasteiger partial charge >= 0.3 is 0 Å². The average molecular weight is 691 g/mol. The van der Waals surface area contributed by atoms with Crippen LogP contribution in [0.2, 0.25) is 0 Å². The molecule has 52 heavy (non-hydrogen) atoms. The molecular weight excluding hydrogens is 641 g/mol. The molecule has 8 heteroatoms. The number of likely N-dealkylation sites (tertiary alicyclic amines) is 4. The van der Waals surface area contributed by atoms with Gasteiger partial charge in [-0.05, 0) is 99.4 Å². The summed E-state index contributed by atoms with van der Waals surface area (Å²) in [4.78, 5) is 10.4. The summed E-state index contributed by atoms with van der Waals surface area (Å²) < 4.78 is 0. The average Bonchev–Trinajstić information content (AvgIpc) is 4.03. The van der Waals surface area contributed by atoms with Gasteiger partial charge < -0.3 is 21.3 Å². The maximum Gasteiger partial charge on any atom is 0.0933 e. The van der Waals surface area contributed by atoms with Crippen LogP contribution in [0.25, 0.3) is 0 Å². The van der Waals surface area contributed by atoms with Crippen molar-refractivity contribution in [2.45, 2.75) is 72.0 Å². The van der Waals surface area contributed by atoms with E-state index < -0.39 is 0 Å². The number of benzene rings is 4. The molecule has 0 spiro atoms. The standard InChI is InChI=1S/C44H50N8/c1-49-23-19-41(27-11-5-7-17-33(27)45-37(41)49)29-13-9-15-31-35(29)47-39-43(31,21-25-51(39)3)44-22-26-52(4)40(44)48-36-30(14-10-16-32(36)44)42-20-24-50(2)38(42)46-34-18-8-6-12-28(34)42/h5-18,37-40,45-48H,19-26H2,1-4H3/t37-,38+,39-,40-,41-,42+,43+,44+/m1/s1. The van der Waals surface area contributed by atoms with Gasteiger partial charge in [0, 0.05) is 59.8 Å². The molecule has 4 fully saturated rings. The molecule has 8 nitrogen and oxygen atoms in total. The Balaban J connectivity index is 1.09. The Kier molecular flexibility index (Phi) is 5.79. The van der Waals surface area contributed by atoms with Gasteiger partial charge in [-0.15, -0.1) is 0 Å². The molecule has 0 saturated carbocycles. The van der Waals surface area contributed by atoms with E-state index in [2.05, 4.69) is 154 Å². The first-order chi connectivity index (χ1) is 25.4. The van der Waals surface area contributed by atoms with Crippen molar-refractivity contribution in [1.82, 2.24) is 19.6 Å². The van der Waals surface area contributed by atoms with E-state index in [4.69, 9.17) is 0 Å². The zero-order chi connectivity index (χ0) is 34.8. The van der Waals surface area contributed by atoms with Crippen molar-refractivity contribution >= 4 is 22.7 Å². The highest BCUT2D eigenvalue weighted by atomic mass is 15.4. The fourth-order valence-electron chi connectivity index (χ4n) is 13.8. The number of rotatable bonds is 3. The second-order valence-corrected chi connectivity index (χ2v) is 17.5. The third-order valence-electron chi connectivity index (χ3n) is 15.9. The zero-order valence-corrected chi connectivity index (χ0v) is 30.8. The van der Waals surface area contributed by atoms with Gasteiger partial charge in [0.05, 0.1) is 35.5 Å². The van der Waals surface area contributed by atoms with Gasteiger partial charge in [0.15, 0.2) is 0 Å². The van der Waals surface area contributed by atoms with Gasteiger partial charge in [-0.25, -0.2) is 0 Å². The Labute approximate surface area is 307 Å². The van der Waals surface area contributed by atoms with Crippen LogP contribution in [-0.2, 0) is 21.7 Å². The lowest BCUT2D eigenvalue weighted by Gasteiger charge is -2.48. The fourth-order valence-corrected chi connectivity index (χ4v) is 13.8. The normalized spacial score (nSPS) is 38.0. The minimum Gasteiger partial charge on any atom is -0.368 e. The monoisotopic (exact) mass is 690 g/mol. The SMILES string of the molecule is CN1CC[C@]2(c3cccc4c3N[C@@H]3N(C)CC[C@]43[C@]34CCN(C)[C@H]3Nc3c([C@@]56CCN(C)[C@@H]5Nc5ccccc56)cccc34)c3ccccc3N[C@H]12. The lowest BCUT2D eigenvalue weighted by atomic mass is 9.54. The number of anilines is 4. The van der Waals surface area contributed by atoms with Crippen molar-refractivity contribution < 1.29 is 0 Å². The van der Waals surface area contributed by atoms with Gasteiger partial charge in [0.1, 0.15) is 0 Å². The molecule has 0 aromatic heterocycles. The smallest absolute Gasteiger partial charge is 0.0933 e. The molecule has 8 atom stereocenters. The van der Waals surface area contributed by atoms with Crippen LogP contribution in [0.15, 0.2) is 84.9 Å². The zero-order valence-electron chi connectivity index (χ0n) is 30.8. The summed E-state index contributed by atoms with van der Waals surface area (Å²) in [5.74, 6) is 0. The van der Waals surface area contributed by atoms with Crippen molar-refractivity contribution in [2.24, 2.45) is 0 Å². The minimum absolute atomic E-state index is 0.100. The van der Waals surface area contributed by atoms with Crippen molar-refractivity contribution in [1.29, 1.82) is 0 Å². The van der Waals surface area contributed by atoms with E-state index in [9.17, 15) is 0 Å². The first-order valence-corrected chi connectivity index (χ1v) is 19.7. The van der Waals surface area contributed by atoms with Crippen LogP contribution < -0.4 is 21.3 Å². The molecule has 8 aliphatic rings. The second kappa shape index (κ2) is 9.91. The predicted octanol–water partition coefficient (Wildman–Crippen LogP) is 5.78. The van der Waals surface area contributed by atoms with Crippen LogP contribution >= 0.6 is 0 Å². The first kappa shape index (κ1) is 30.4. The van der Waals surface area contributed by atoms with Crippen molar-refractivity contribution in [2.75, 3.05) is 75.6 Å². The summed E-state index contributed by atoms with van der Waals surface area (Å²) in [5, 5.41) is 16.7. The van der Waals surface area contributed by atoms with Crippen molar-refractivity contribution in [3.8, 4) is 0 Å². The van der Waals surface area contributed by atoms with Crippen molar-refractivity contribution in [3.05, 3.63) is 118 Å². The number of hydrogen-bond donors (Lipinski definition) is 4. The topological polar surface area (TPSA) is 61.1 Å². The van der Waals surface area contributed by atoms with Gasteiger partial charge in [-0.2, -0.15) is 0 Å². The predicted molar refractivity (Wildman–Crippen MR) is 209 cm³/mol.